The second-order valence-electron chi connectivity index (χ2n) is 3.27. The van der Waals surface area contributed by atoms with Crippen LogP contribution in [-0.2, 0) is 0 Å². The Balaban J connectivity index is 2.39. The highest BCUT2D eigenvalue weighted by Crippen LogP contribution is 2.33. The Morgan fingerprint density at radius 1 is 1.60 bits per heavy atom. The highest BCUT2D eigenvalue weighted by molar-refractivity contribution is 5.05. The standard InChI is InChI=1S/C8H16N2/c1-6(2)5-8(10-9)7-3-4-7/h5,7-8,10H,3-4,9H2,1-2H3. The Morgan fingerprint density at radius 3 is 2.50 bits per heavy atom. The fourth-order valence-electron chi connectivity index (χ4n) is 1.13. The van der Waals surface area contributed by atoms with E-state index in [1.54, 1.807) is 0 Å². The number of nitrogens with one attached hydrogen (secondary N) is 1. The Bertz CT molecular complexity index is 132. The summed E-state index contributed by atoms with van der Waals surface area (Å²) in [5.41, 5.74) is 4.16. The molecule has 1 aliphatic carbocycles. The molecule has 0 bridgehead atoms. The third-order valence-electron chi connectivity index (χ3n) is 1.84. The van der Waals surface area contributed by atoms with Crippen LogP contribution in [0.5, 0.6) is 0 Å². The van der Waals surface area contributed by atoms with Gasteiger partial charge in [-0.05, 0) is 32.6 Å². The van der Waals surface area contributed by atoms with Gasteiger partial charge in [-0.15, -0.1) is 0 Å². The first kappa shape index (κ1) is 7.76. The summed E-state index contributed by atoms with van der Waals surface area (Å²) >= 11 is 0. The third kappa shape index (κ3) is 2.12. The van der Waals surface area contributed by atoms with E-state index in [1.165, 1.54) is 18.4 Å². The second kappa shape index (κ2) is 3.17. The zero-order valence-corrected chi connectivity index (χ0v) is 6.72. The Kier molecular flexibility index (Phi) is 2.46. The minimum absolute atomic E-state index is 0.421. The van der Waals surface area contributed by atoms with Crippen LogP contribution < -0.4 is 11.3 Å². The number of nitrogens with two attached hydrogens (primary N) is 1. The van der Waals surface area contributed by atoms with Crippen molar-refractivity contribution in [2.24, 2.45) is 11.8 Å². The molecule has 0 aromatic rings. The predicted octanol–water partition coefficient (Wildman–Crippen LogP) is 1.19. The zero-order chi connectivity index (χ0) is 7.56. The van der Waals surface area contributed by atoms with Gasteiger partial charge in [-0.2, -0.15) is 0 Å². The van der Waals surface area contributed by atoms with Crippen molar-refractivity contribution in [2.45, 2.75) is 32.7 Å². The fraction of sp³-hybridized carbons (Fsp3) is 0.750. The molecule has 1 aliphatic rings. The van der Waals surface area contributed by atoms with Crippen LogP contribution in [0.4, 0.5) is 0 Å². The number of hydrogen-bond acceptors (Lipinski definition) is 2. The number of hydrazine groups is 1. The topological polar surface area (TPSA) is 38.0 Å². The van der Waals surface area contributed by atoms with Gasteiger partial charge in [0.1, 0.15) is 0 Å². The summed E-state index contributed by atoms with van der Waals surface area (Å²) in [5, 5.41) is 0. The molecule has 1 rings (SSSR count). The van der Waals surface area contributed by atoms with Crippen LogP contribution in [0.15, 0.2) is 11.6 Å². The van der Waals surface area contributed by atoms with Crippen molar-refractivity contribution in [3.63, 3.8) is 0 Å². The van der Waals surface area contributed by atoms with Crippen molar-refractivity contribution >= 4 is 0 Å². The van der Waals surface area contributed by atoms with Crippen molar-refractivity contribution in [2.75, 3.05) is 0 Å². The summed E-state index contributed by atoms with van der Waals surface area (Å²) < 4.78 is 0. The number of hydrogen-bond donors (Lipinski definition) is 2. The largest absolute Gasteiger partial charge is 0.271 e. The van der Waals surface area contributed by atoms with Gasteiger partial charge < -0.3 is 0 Å². The fourth-order valence-corrected chi connectivity index (χ4v) is 1.13. The third-order valence-corrected chi connectivity index (χ3v) is 1.84. The molecule has 1 atom stereocenters. The van der Waals surface area contributed by atoms with Gasteiger partial charge in [-0.3, -0.25) is 11.3 Å². The van der Waals surface area contributed by atoms with E-state index in [4.69, 9.17) is 5.84 Å². The highest BCUT2D eigenvalue weighted by atomic mass is 15.2. The molecule has 0 radical (unpaired) electrons. The van der Waals surface area contributed by atoms with Crippen LogP contribution in [0.25, 0.3) is 0 Å². The lowest BCUT2D eigenvalue weighted by Gasteiger charge is -2.09. The zero-order valence-electron chi connectivity index (χ0n) is 6.72. The lowest BCUT2D eigenvalue weighted by molar-refractivity contribution is 0.557. The molecule has 0 aliphatic heterocycles. The van der Waals surface area contributed by atoms with Gasteiger partial charge in [0, 0.05) is 6.04 Å². The lowest BCUT2D eigenvalue weighted by atomic mass is 10.1. The van der Waals surface area contributed by atoms with E-state index < -0.39 is 0 Å². The minimum atomic E-state index is 0.421. The predicted molar refractivity (Wildman–Crippen MR) is 43.3 cm³/mol. The Morgan fingerprint density at radius 2 is 2.20 bits per heavy atom. The van der Waals surface area contributed by atoms with Gasteiger partial charge in [-0.25, -0.2) is 0 Å². The van der Waals surface area contributed by atoms with Crippen molar-refractivity contribution in [1.82, 2.24) is 5.43 Å². The van der Waals surface area contributed by atoms with E-state index in [0.717, 1.165) is 5.92 Å². The molecule has 0 spiro atoms. The summed E-state index contributed by atoms with van der Waals surface area (Å²) in [4.78, 5) is 0. The van der Waals surface area contributed by atoms with Crippen molar-refractivity contribution in [3.8, 4) is 0 Å². The first-order valence-electron chi connectivity index (χ1n) is 3.85. The Hall–Kier alpha value is -0.340. The van der Waals surface area contributed by atoms with Crippen LogP contribution in [0.1, 0.15) is 26.7 Å². The average Bonchev–Trinajstić information content (AvgIpc) is 2.63. The van der Waals surface area contributed by atoms with Crippen LogP contribution in [0.2, 0.25) is 0 Å². The molecule has 1 saturated carbocycles. The molecular weight excluding hydrogens is 124 g/mol. The van der Waals surface area contributed by atoms with Gasteiger partial charge in [0.2, 0.25) is 0 Å². The summed E-state index contributed by atoms with van der Waals surface area (Å²) in [6.45, 7) is 4.21. The van der Waals surface area contributed by atoms with E-state index in [0.29, 0.717) is 6.04 Å². The summed E-state index contributed by atoms with van der Waals surface area (Å²) in [6, 6.07) is 0.421. The minimum Gasteiger partial charge on any atom is -0.271 e. The van der Waals surface area contributed by atoms with Gasteiger partial charge in [-0.1, -0.05) is 11.6 Å². The number of allylic oxidation sites excluding steroid dienone is 1. The molecule has 0 aromatic heterocycles. The van der Waals surface area contributed by atoms with Crippen LogP contribution in [-0.4, -0.2) is 6.04 Å². The van der Waals surface area contributed by atoms with Gasteiger partial charge in [0.05, 0.1) is 0 Å². The molecule has 0 amide bonds. The molecular formula is C8H16N2. The van der Waals surface area contributed by atoms with Crippen molar-refractivity contribution in [1.29, 1.82) is 0 Å². The van der Waals surface area contributed by atoms with E-state index in [-0.39, 0.29) is 0 Å². The van der Waals surface area contributed by atoms with Crippen LogP contribution in [0.3, 0.4) is 0 Å². The summed E-state index contributed by atoms with van der Waals surface area (Å²) in [7, 11) is 0. The quantitative estimate of drug-likeness (QED) is 0.351. The maximum Gasteiger partial charge on any atom is 0.0421 e. The maximum atomic E-state index is 5.37. The van der Waals surface area contributed by atoms with Crippen LogP contribution in [0, 0.1) is 5.92 Å². The van der Waals surface area contributed by atoms with E-state index >= 15 is 0 Å². The summed E-state index contributed by atoms with van der Waals surface area (Å²) in [6.07, 6.45) is 4.87. The molecule has 10 heavy (non-hydrogen) atoms. The highest BCUT2D eigenvalue weighted by Gasteiger charge is 2.28. The van der Waals surface area contributed by atoms with Crippen LogP contribution >= 0.6 is 0 Å². The van der Waals surface area contributed by atoms with E-state index in [2.05, 4.69) is 25.3 Å². The number of rotatable bonds is 3. The van der Waals surface area contributed by atoms with Gasteiger partial charge in [0.15, 0.2) is 0 Å². The molecule has 2 heteroatoms. The first-order chi connectivity index (χ1) is 4.74. The van der Waals surface area contributed by atoms with E-state index in [9.17, 15) is 0 Å². The normalized spacial score (nSPS) is 20.3. The molecule has 58 valence electrons. The monoisotopic (exact) mass is 140 g/mol. The molecule has 0 aromatic carbocycles. The van der Waals surface area contributed by atoms with Gasteiger partial charge in [0.25, 0.3) is 0 Å². The molecule has 1 fully saturated rings. The molecule has 3 N–H and O–H groups in total. The smallest absolute Gasteiger partial charge is 0.0421 e. The van der Waals surface area contributed by atoms with Crippen molar-refractivity contribution < 1.29 is 0 Å². The summed E-state index contributed by atoms with van der Waals surface area (Å²) in [5.74, 6) is 6.17. The maximum absolute atomic E-state index is 5.37. The van der Waals surface area contributed by atoms with Crippen molar-refractivity contribution in [3.05, 3.63) is 11.6 Å². The molecule has 2 nitrogen and oxygen atoms in total. The molecule has 1 unspecified atom stereocenters. The second-order valence-corrected chi connectivity index (χ2v) is 3.27. The first-order valence-corrected chi connectivity index (χ1v) is 3.85. The molecule has 0 heterocycles. The molecule has 0 saturated heterocycles. The van der Waals surface area contributed by atoms with E-state index in [1.807, 2.05) is 0 Å². The SMILES string of the molecule is CC(C)=CC(NN)C1CC1. The average molecular weight is 140 g/mol. The van der Waals surface area contributed by atoms with Gasteiger partial charge >= 0.3 is 0 Å². The lowest BCUT2D eigenvalue weighted by Crippen LogP contribution is -2.35. The Labute approximate surface area is 62.5 Å².